The number of aliphatic imine (C=N–C) groups is 1. The monoisotopic (exact) mass is 334 g/mol. The molecule has 1 aliphatic rings. The van der Waals surface area contributed by atoms with Crippen LogP contribution in [0.5, 0.6) is 0 Å². The third kappa shape index (κ3) is 6.06. The van der Waals surface area contributed by atoms with Gasteiger partial charge in [0, 0.05) is 46.0 Å². The maximum Gasteiger partial charge on any atom is 0.191 e. The smallest absolute Gasteiger partial charge is 0.191 e. The van der Waals surface area contributed by atoms with E-state index >= 15 is 0 Å². The van der Waals surface area contributed by atoms with Crippen LogP contribution in [-0.2, 0) is 7.05 Å². The van der Waals surface area contributed by atoms with Crippen LogP contribution >= 0.6 is 0 Å². The van der Waals surface area contributed by atoms with E-state index in [0.717, 1.165) is 32.0 Å². The van der Waals surface area contributed by atoms with Crippen molar-refractivity contribution in [2.75, 3.05) is 31.6 Å². The van der Waals surface area contributed by atoms with Gasteiger partial charge in [-0.3, -0.25) is 9.67 Å². The van der Waals surface area contributed by atoms with Gasteiger partial charge in [0.15, 0.2) is 5.96 Å². The van der Waals surface area contributed by atoms with Crippen LogP contribution in [0.4, 0.5) is 5.69 Å². The Bertz CT molecular complexity index is 528. The van der Waals surface area contributed by atoms with Gasteiger partial charge in [-0.15, -0.1) is 0 Å². The van der Waals surface area contributed by atoms with E-state index in [0.29, 0.717) is 11.5 Å². The Hall–Kier alpha value is -1.72. The Morgan fingerprint density at radius 2 is 2.21 bits per heavy atom. The lowest BCUT2D eigenvalue weighted by Gasteiger charge is -2.34. The van der Waals surface area contributed by atoms with Gasteiger partial charge in [-0.25, -0.2) is 0 Å². The van der Waals surface area contributed by atoms with Gasteiger partial charge >= 0.3 is 0 Å². The topological polar surface area (TPSA) is 57.5 Å². The normalized spacial score (nSPS) is 19.5. The van der Waals surface area contributed by atoms with Crippen LogP contribution in [-0.4, -0.2) is 48.5 Å². The molecule has 6 heteroatoms. The second-order valence-electron chi connectivity index (χ2n) is 7.96. The number of anilines is 1. The lowest BCUT2D eigenvalue weighted by Crippen LogP contribution is -2.51. The van der Waals surface area contributed by atoms with E-state index in [4.69, 9.17) is 0 Å². The summed E-state index contributed by atoms with van der Waals surface area (Å²) in [7, 11) is 3.81. The first kappa shape index (κ1) is 18.6. The highest BCUT2D eigenvalue weighted by atomic mass is 15.3. The summed E-state index contributed by atoms with van der Waals surface area (Å²) in [5.74, 6) is 0.918. The Morgan fingerprint density at radius 3 is 2.83 bits per heavy atom. The molecule has 0 aliphatic carbocycles. The number of nitrogens with one attached hydrogen (secondary N) is 2. The fourth-order valence-corrected chi connectivity index (χ4v) is 3.11. The minimum absolute atomic E-state index is 0.395. The Labute approximate surface area is 146 Å². The van der Waals surface area contributed by atoms with E-state index < -0.39 is 0 Å². The molecule has 0 bridgehead atoms. The maximum absolute atomic E-state index is 4.38. The number of hydrogen-bond donors (Lipinski definition) is 2. The molecule has 136 valence electrons. The summed E-state index contributed by atoms with van der Waals surface area (Å²) >= 11 is 0. The lowest BCUT2D eigenvalue weighted by molar-refractivity contribution is 0.365. The predicted octanol–water partition coefficient (Wildman–Crippen LogP) is 2.38. The molecule has 2 rings (SSSR count). The molecule has 1 aromatic rings. The summed E-state index contributed by atoms with van der Waals surface area (Å²) in [4.78, 5) is 6.78. The number of guanidine groups is 1. The number of aryl methyl sites for hydroxylation is 1. The van der Waals surface area contributed by atoms with Crippen molar-refractivity contribution in [3.8, 4) is 0 Å². The minimum atomic E-state index is 0.395. The van der Waals surface area contributed by atoms with Gasteiger partial charge in [-0.05, 0) is 31.1 Å². The molecule has 6 nitrogen and oxygen atoms in total. The fraction of sp³-hybridized carbons (Fsp3) is 0.778. The Kier molecular flexibility index (Phi) is 6.52. The zero-order valence-electron chi connectivity index (χ0n) is 16.0. The standard InChI is InChI=1S/C18H34N6/c1-18(2,3)9-7-10-20-17(19-4)22-15-8-6-11-24(13-15)16-12-21-23(5)14-16/h12,14-15H,6-11,13H2,1-5H3,(H2,19,20,22). The van der Waals surface area contributed by atoms with Crippen molar-refractivity contribution >= 4 is 11.6 Å². The lowest BCUT2D eigenvalue weighted by atomic mass is 9.91. The molecule has 0 aromatic carbocycles. The quantitative estimate of drug-likeness (QED) is 0.493. The van der Waals surface area contributed by atoms with Crippen LogP contribution in [0.2, 0.25) is 0 Å². The number of hydrogen-bond acceptors (Lipinski definition) is 3. The van der Waals surface area contributed by atoms with E-state index in [1.807, 2.05) is 25.0 Å². The largest absolute Gasteiger partial charge is 0.367 e. The molecule has 1 saturated heterocycles. The molecule has 1 unspecified atom stereocenters. The average Bonchev–Trinajstić information content (AvgIpc) is 2.96. The summed E-state index contributed by atoms with van der Waals surface area (Å²) in [6.45, 7) is 9.92. The van der Waals surface area contributed by atoms with Gasteiger partial charge in [-0.2, -0.15) is 5.10 Å². The van der Waals surface area contributed by atoms with Crippen molar-refractivity contribution in [1.82, 2.24) is 20.4 Å². The minimum Gasteiger partial charge on any atom is -0.367 e. The highest BCUT2D eigenvalue weighted by molar-refractivity contribution is 5.80. The van der Waals surface area contributed by atoms with Crippen molar-refractivity contribution in [3.05, 3.63) is 12.4 Å². The number of aromatic nitrogens is 2. The molecule has 1 atom stereocenters. The SMILES string of the molecule is CN=C(NCCCC(C)(C)C)NC1CCCN(c2cnn(C)c2)C1. The highest BCUT2D eigenvalue weighted by Gasteiger charge is 2.21. The molecule has 0 spiro atoms. The molecule has 0 amide bonds. The average molecular weight is 335 g/mol. The van der Waals surface area contributed by atoms with Crippen molar-refractivity contribution in [1.29, 1.82) is 0 Å². The molecule has 1 aliphatic heterocycles. The van der Waals surface area contributed by atoms with Crippen LogP contribution in [0.15, 0.2) is 17.4 Å². The zero-order chi connectivity index (χ0) is 17.6. The molecular weight excluding hydrogens is 300 g/mol. The van der Waals surface area contributed by atoms with Gasteiger partial charge in [0.1, 0.15) is 0 Å². The second kappa shape index (κ2) is 8.40. The van der Waals surface area contributed by atoms with Crippen molar-refractivity contribution in [2.24, 2.45) is 17.5 Å². The van der Waals surface area contributed by atoms with Crippen molar-refractivity contribution in [3.63, 3.8) is 0 Å². The number of rotatable bonds is 5. The molecule has 1 aromatic heterocycles. The molecule has 1 fully saturated rings. The van der Waals surface area contributed by atoms with Crippen LogP contribution in [0.3, 0.4) is 0 Å². The summed E-state index contributed by atoms with van der Waals surface area (Å²) < 4.78 is 1.86. The molecule has 0 radical (unpaired) electrons. The fourth-order valence-electron chi connectivity index (χ4n) is 3.11. The Balaban J connectivity index is 1.78. The summed E-state index contributed by atoms with van der Waals surface area (Å²) in [5, 5.41) is 11.3. The van der Waals surface area contributed by atoms with E-state index in [2.05, 4.69) is 52.6 Å². The maximum atomic E-state index is 4.38. The van der Waals surface area contributed by atoms with Gasteiger partial charge < -0.3 is 15.5 Å². The molecule has 24 heavy (non-hydrogen) atoms. The van der Waals surface area contributed by atoms with E-state index in [9.17, 15) is 0 Å². The van der Waals surface area contributed by atoms with Crippen LogP contribution in [0, 0.1) is 5.41 Å². The molecular formula is C18H34N6. The molecule has 0 saturated carbocycles. The summed E-state index contributed by atoms with van der Waals surface area (Å²) in [6.07, 6.45) is 8.78. The predicted molar refractivity (Wildman–Crippen MR) is 102 cm³/mol. The van der Waals surface area contributed by atoms with E-state index in [1.54, 1.807) is 0 Å². The third-order valence-corrected chi connectivity index (χ3v) is 4.44. The first-order valence-electron chi connectivity index (χ1n) is 9.08. The first-order valence-corrected chi connectivity index (χ1v) is 9.08. The molecule has 2 N–H and O–H groups in total. The Morgan fingerprint density at radius 1 is 1.42 bits per heavy atom. The number of nitrogens with zero attached hydrogens (tertiary/aromatic N) is 4. The van der Waals surface area contributed by atoms with Crippen LogP contribution in [0.25, 0.3) is 0 Å². The van der Waals surface area contributed by atoms with E-state index in [1.165, 1.54) is 24.9 Å². The summed E-state index contributed by atoms with van der Waals surface area (Å²) in [6, 6.07) is 0.424. The van der Waals surface area contributed by atoms with E-state index in [-0.39, 0.29) is 0 Å². The van der Waals surface area contributed by atoms with Crippen molar-refractivity contribution in [2.45, 2.75) is 52.5 Å². The second-order valence-corrected chi connectivity index (χ2v) is 7.96. The first-order chi connectivity index (χ1) is 11.4. The third-order valence-electron chi connectivity index (χ3n) is 4.44. The highest BCUT2D eigenvalue weighted by Crippen LogP contribution is 2.20. The van der Waals surface area contributed by atoms with Gasteiger partial charge in [-0.1, -0.05) is 20.8 Å². The molecule has 2 heterocycles. The van der Waals surface area contributed by atoms with Crippen molar-refractivity contribution < 1.29 is 0 Å². The van der Waals surface area contributed by atoms with Gasteiger partial charge in [0.2, 0.25) is 0 Å². The van der Waals surface area contributed by atoms with Crippen LogP contribution < -0.4 is 15.5 Å². The zero-order valence-corrected chi connectivity index (χ0v) is 16.0. The van der Waals surface area contributed by atoms with Gasteiger partial charge in [0.05, 0.1) is 11.9 Å². The number of piperidine rings is 1. The van der Waals surface area contributed by atoms with Gasteiger partial charge in [0.25, 0.3) is 0 Å². The van der Waals surface area contributed by atoms with Crippen LogP contribution in [0.1, 0.15) is 46.5 Å². The summed E-state index contributed by atoms with van der Waals surface area (Å²) in [5.41, 5.74) is 1.60.